The number of aromatic nitrogens is 2. The van der Waals surface area contributed by atoms with Crippen molar-refractivity contribution in [2.75, 3.05) is 26.2 Å². The molecule has 4 heteroatoms. The molecule has 0 spiro atoms. The highest BCUT2D eigenvalue weighted by Crippen LogP contribution is 2.29. The molecule has 0 amide bonds. The van der Waals surface area contributed by atoms with Crippen molar-refractivity contribution in [3.8, 4) is 17.1 Å². The zero-order valence-corrected chi connectivity index (χ0v) is 18.8. The third-order valence-electron chi connectivity index (χ3n) is 6.30. The fraction of sp³-hybridized carbons (Fsp3) is 0.321. The molecular weight excluding hydrogens is 394 g/mol. The minimum atomic E-state index is 0.725. The van der Waals surface area contributed by atoms with Gasteiger partial charge in [-0.1, -0.05) is 60.5 Å². The topological polar surface area (TPSA) is 30.3 Å². The van der Waals surface area contributed by atoms with Crippen molar-refractivity contribution < 1.29 is 4.74 Å². The normalized spacial score (nSPS) is 14.7. The lowest BCUT2D eigenvalue weighted by Crippen LogP contribution is -2.33. The van der Waals surface area contributed by atoms with Crippen molar-refractivity contribution in [2.24, 2.45) is 0 Å². The smallest absolute Gasteiger partial charge is 0.141 e. The average Bonchev–Trinajstić information content (AvgIpc) is 3.18. The lowest BCUT2D eigenvalue weighted by atomic mass is 10.1. The van der Waals surface area contributed by atoms with Crippen molar-refractivity contribution in [1.82, 2.24) is 14.5 Å². The van der Waals surface area contributed by atoms with Crippen LogP contribution in [0.25, 0.3) is 22.4 Å². The van der Waals surface area contributed by atoms with E-state index in [-0.39, 0.29) is 0 Å². The van der Waals surface area contributed by atoms with Gasteiger partial charge in [0.15, 0.2) is 0 Å². The Morgan fingerprint density at radius 2 is 1.72 bits per heavy atom. The van der Waals surface area contributed by atoms with Gasteiger partial charge in [-0.2, -0.15) is 0 Å². The average molecular weight is 426 g/mol. The Morgan fingerprint density at radius 3 is 2.53 bits per heavy atom. The van der Waals surface area contributed by atoms with E-state index in [2.05, 4.69) is 89.2 Å². The lowest BCUT2D eigenvalue weighted by Gasteiger charge is -2.26. The molecule has 0 aliphatic carbocycles. The summed E-state index contributed by atoms with van der Waals surface area (Å²) < 4.78 is 8.49. The molecule has 0 N–H and O–H groups in total. The number of likely N-dealkylation sites (tertiary alicyclic amines) is 1. The second-order valence-electron chi connectivity index (χ2n) is 8.78. The number of hydrogen-bond acceptors (Lipinski definition) is 3. The maximum absolute atomic E-state index is 6.17. The van der Waals surface area contributed by atoms with Crippen LogP contribution in [0.2, 0.25) is 0 Å². The zero-order valence-electron chi connectivity index (χ0n) is 18.8. The summed E-state index contributed by atoms with van der Waals surface area (Å²) >= 11 is 0. The van der Waals surface area contributed by atoms with E-state index < -0.39 is 0 Å². The number of nitrogens with zero attached hydrogens (tertiary/aromatic N) is 3. The molecule has 3 aromatic carbocycles. The molecule has 32 heavy (non-hydrogen) atoms. The van der Waals surface area contributed by atoms with Crippen LogP contribution in [-0.4, -0.2) is 40.7 Å². The van der Waals surface area contributed by atoms with Gasteiger partial charge < -0.3 is 9.30 Å². The largest absolute Gasteiger partial charge is 0.492 e. The predicted molar refractivity (Wildman–Crippen MR) is 131 cm³/mol. The standard InChI is InChI=1S/C28H31N3O/c1-22-9-8-12-24(19-22)28-29-26-14-13-25(32-18-17-30-15-6-3-7-16-30)20-27(26)31(28)21-23-10-4-2-5-11-23/h2,4-5,8-14,19-20H,3,6-7,15-18,21H2,1H3. The molecule has 1 aliphatic heterocycles. The van der Waals surface area contributed by atoms with Crippen molar-refractivity contribution in [1.29, 1.82) is 0 Å². The van der Waals surface area contributed by atoms with Crippen LogP contribution in [0.15, 0.2) is 72.8 Å². The van der Waals surface area contributed by atoms with Gasteiger partial charge in [0, 0.05) is 24.7 Å². The van der Waals surface area contributed by atoms with E-state index in [9.17, 15) is 0 Å². The molecule has 1 fully saturated rings. The first-order valence-electron chi connectivity index (χ1n) is 11.7. The highest BCUT2D eigenvalue weighted by atomic mass is 16.5. The Labute approximate surface area is 190 Å². The van der Waals surface area contributed by atoms with Gasteiger partial charge in [0.1, 0.15) is 18.2 Å². The quantitative estimate of drug-likeness (QED) is 0.368. The molecule has 164 valence electrons. The summed E-state index contributed by atoms with van der Waals surface area (Å²) in [5.74, 6) is 1.91. The fourth-order valence-electron chi connectivity index (χ4n) is 4.60. The van der Waals surface area contributed by atoms with Crippen molar-refractivity contribution in [2.45, 2.75) is 32.7 Å². The molecule has 0 unspecified atom stereocenters. The van der Waals surface area contributed by atoms with Gasteiger partial charge >= 0.3 is 0 Å². The van der Waals surface area contributed by atoms with Gasteiger partial charge in [-0.05, 0) is 56.6 Å². The van der Waals surface area contributed by atoms with Crippen LogP contribution in [0.1, 0.15) is 30.4 Å². The SMILES string of the molecule is Cc1cccc(-c2nc3ccc(OCCN4CCCCC4)cc3n2Cc2ccccc2)c1. The number of aryl methyl sites for hydroxylation is 1. The Kier molecular flexibility index (Phi) is 6.22. The minimum absolute atomic E-state index is 0.725. The first kappa shape index (κ1) is 20.8. The van der Waals surface area contributed by atoms with Gasteiger partial charge in [-0.25, -0.2) is 4.98 Å². The second kappa shape index (κ2) is 9.58. The Morgan fingerprint density at radius 1 is 0.875 bits per heavy atom. The number of benzene rings is 3. The summed E-state index contributed by atoms with van der Waals surface area (Å²) in [6, 6.07) is 25.5. The van der Waals surface area contributed by atoms with Crippen molar-refractivity contribution in [3.63, 3.8) is 0 Å². The van der Waals surface area contributed by atoms with Crippen LogP contribution in [0.3, 0.4) is 0 Å². The molecule has 1 aliphatic rings. The van der Waals surface area contributed by atoms with E-state index in [1.807, 2.05) is 0 Å². The maximum Gasteiger partial charge on any atom is 0.141 e. The summed E-state index contributed by atoms with van der Waals surface area (Å²) in [4.78, 5) is 7.53. The van der Waals surface area contributed by atoms with Crippen LogP contribution >= 0.6 is 0 Å². The van der Waals surface area contributed by atoms with E-state index in [0.717, 1.165) is 47.9 Å². The van der Waals surface area contributed by atoms with Crippen LogP contribution in [0.4, 0.5) is 0 Å². The predicted octanol–water partition coefficient (Wildman–Crippen LogP) is 5.92. The number of imidazole rings is 1. The number of ether oxygens (including phenoxy) is 1. The Bertz CT molecular complexity index is 1180. The minimum Gasteiger partial charge on any atom is -0.492 e. The van der Waals surface area contributed by atoms with Crippen LogP contribution in [-0.2, 0) is 6.54 Å². The fourth-order valence-corrected chi connectivity index (χ4v) is 4.60. The Hall–Kier alpha value is -3.11. The highest BCUT2D eigenvalue weighted by Gasteiger charge is 2.15. The number of piperidine rings is 1. The molecular formula is C28H31N3O. The molecule has 4 nitrogen and oxygen atoms in total. The summed E-state index contributed by atoms with van der Waals surface area (Å²) in [5, 5.41) is 0. The number of fused-ring (bicyclic) bond motifs is 1. The molecule has 1 aromatic heterocycles. The van der Waals surface area contributed by atoms with Crippen molar-refractivity contribution >= 4 is 11.0 Å². The molecule has 5 rings (SSSR count). The lowest BCUT2D eigenvalue weighted by molar-refractivity contribution is 0.183. The summed E-state index contributed by atoms with van der Waals surface area (Å²) in [6.45, 7) is 7.02. The molecule has 0 saturated carbocycles. The van der Waals surface area contributed by atoms with Gasteiger partial charge in [0.25, 0.3) is 0 Å². The van der Waals surface area contributed by atoms with Crippen LogP contribution < -0.4 is 4.74 Å². The summed E-state index contributed by atoms with van der Waals surface area (Å²) in [7, 11) is 0. The molecule has 0 atom stereocenters. The Balaban J connectivity index is 1.45. The van der Waals surface area contributed by atoms with Crippen LogP contribution in [0, 0.1) is 6.92 Å². The van der Waals surface area contributed by atoms with E-state index in [1.165, 1.54) is 43.5 Å². The summed E-state index contributed by atoms with van der Waals surface area (Å²) in [5.41, 5.74) is 5.76. The number of hydrogen-bond donors (Lipinski definition) is 0. The first-order chi connectivity index (χ1) is 15.8. The molecule has 1 saturated heterocycles. The van der Waals surface area contributed by atoms with Crippen LogP contribution in [0.5, 0.6) is 5.75 Å². The highest BCUT2D eigenvalue weighted by molar-refractivity contribution is 5.82. The van der Waals surface area contributed by atoms with E-state index >= 15 is 0 Å². The van der Waals surface area contributed by atoms with E-state index in [0.29, 0.717) is 0 Å². The molecule has 0 radical (unpaired) electrons. The summed E-state index contributed by atoms with van der Waals surface area (Å²) in [6.07, 6.45) is 3.99. The monoisotopic (exact) mass is 425 g/mol. The number of rotatable bonds is 7. The zero-order chi connectivity index (χ0) is 21.8. The second-order valence-corrected chi connectivity index (χ2v) is 8.78. The van der Waals surface area contributed by atoms with Gasteiger partial charge in [0.2, 0.25) is 0 Å². The van der Waals surface area contributed by atoms with Gasteiger partial charge in [-0.15, -0.1) is 0 Å². The van der Waals surface area contributed by atoms with E-state index in [4.69, 9.17) is 9.72 Å². The molecule has 0 bridgehead atoms. The van der Waals surface area contributed by atoms with E-state index in [1.54, 1.807) is 0 Å². The molecule has 2 heterocycles. The third kappa shape index (κ3) is 4.71. The maximum atomic E-state index is 6.17. The van der Waals surface area contributed by atoms with Gasteiger partial charge in [-0.3, -0.25) is 4.90 Å². The molecule has 4 aromatic rings. The third-order valence-corrected chi connectivity index (χ3v) is 6.30. The first-order valence-corrected chi connectivity index (χ1v) is 11.7. The van der Waals surface area contributed by atoms with Gasteiger partial charge in [0.05, 0.1) is 11.0 Å². The van der Waals surface area contributed by atoms with Crippen molar-refractivity contribution in [3.05, 3.63) is 83.9 Å².